The predicted molar refractivity (Wildman–Crippen MR) is 134 cm³/mol. The number of aromatic amines is 1. The van der Waals surface area contributed by atoms with Crippen LogP contribution in [0, 0.1) is 13.8 Å². The molecule has 0 bridgehead atoms. The first-order valence-electron chi connectivity index (χ1n) is 11.7. The number of benzene rings is 1. The summed E-state index contributed by atoms with van der Waals surface area (Å²) in [6, 6.07) is 6.10. The first-order valence-corrected chi connectivity index (χ1v) is 12.1. The molecule has 0 aliphatic carbocycles. The van der Waals surface area contributed by atoms with Gasteiger partial charge in [0.2, 0.25) is 0 Å². The number of esters is 1. The van der Waals surface area contributed by atoms with Crippen LogP contribution in [-0.2, 0) is 14.3 Å². The summed E-state index contributed by atoms with van der Waals surface area (Å²) in [6.45, 7) is 10.4. The number of halogens is 1. The largest absolute Gasteiger partial charge is 0.507 e. The maximum atomic E-state index is 13.3. The highest BCUT2D eigenvalue weighted by Crippen LogP contribution is 2.41. The molecule has 1 atom stereocenters. The van der Waals surface area contributed by atoms with Crippen molar-refractivity contribution in [1.82, 2.24) is 14.8 Å². The zero-order chi connectivity index (χ0) is 25.9. The van der Waals surface area contributed by atoms with Crippen LogP contribution in [0.15, 0.2) is 29.8 Å². The Kier molecular flexibility index (Phi) is 8.40. The Balaban J connectivity index is 2.11. The van der Waals surface area contributed by atoms with Crippen LogP contribution in [0.3, 0.4) is 0 Å². The van der Waals surface area contributed by atoms with Crippen LogP contribution < -0.4 is 0 Å². The van der Waals surface area contributed by atoms with E-state index in [-0.39, 0.29) is 17.0 Å². The number of carbonyl (C=O) groups excluding carboxylic acids is 3. The Hall–Kier alpha value is -3.10. The smallest absolute Gasteiger partial charge is 0.354 e. The van der Waals surface area contributed by atoms with E-state index in [0.29, 0.717) is 40.4 Å². The summed E-state index contributed by atoms with van der Waals surface area (Å²) in [5, 5.41) is 11.9. The molecule has 1 amide bonds. The van der Waals surface area contributed by atoms with Gasteiger partial charge in [-0.2, -0.15) is 0 Å². The van der Waals surface area contributed by atoms with Crippen molar-refractivity contribution >= 4 is 35.0 Å². The molecular weight excluding hydrogens is 470 g/mol. The number of amides is 1. The molecule has 188 valence electrons. The van der Waals surface area contributed by atoms with E-state index in [4.69, 9.17) is 16.3 Å². The third kappa shape index (κ3) is 5.13. The summed E-state index contributed by atoms with van der Waals surface area (Å²) in [7, 11) is 1.27. The average molecular weight is 502 g/mol. The van der Waals surface area contributed by atoms with Gasteiger partial charge in [0.1, 0.15) is 11.5 Å². The number of aliphatic hydroxyl groups excluding tert-OH is 1. The molecule has 1 aromatic heterocycles. The highest BCUT2D eigenvalue weighted by atomic mass is 35.5. The van der Waals surface area contributed by atoms with Crippen molar-refractivity contribution in [3.63, 3.8) is 0 Å². The summed E-state index contributed by atoms with van der Waals surface area (Å²) in [6.07, 6.45) is 0.674. The van der Waals surface area contributed by atoms with E-state index < -0.39 is 23.7 Å². The van der Waals surface area contributed by atoms with Crippen LogP contribution in [0.2, 0.25) is 5.02 Å². The third-order valence-corrected chi connectivity index (χ3v) is 6.81. The van der Waals surface area contributed by atoms with E-state index in [1.165, 1.54) is 12.0 Å². The lowest BCUT2D eigenvalue weighted by atomic mass is 9.94. The second-order valence-corrected chi connectivity index (χ2v) is 8.98. The average Bonchev–Trinajstić information content (AvgIpc) is 3.28. The molecule has 1 saturated heterocycles. The molecule has 1 aliphatic heterocycles. The molecule has 2 aromatic rings. The van der Waals surface area contributed by atoms with Gasteiger partial charge in [0.15, 0.2) is 0 Å². The van der Waals surface area contributed by atoms with Crippen LogP contribution in [0.25, 0.3) is 5.76 Å². The predicted octanol–water partition coefficient (Wildman–Crippen LogP) is 4.23. The Morgan fingerprint density at radius 3 is 2.37 bits per heavy atom. The number of hydrogen-bond donors (Lipinski definition) is 2. The molecular formula is C26H32ClN3O5. The number of aliphatic hydroxyl groups is 1. The second-order valence-electron chi connectivity index (χ2n) is 8.54. The number of ketones is 1. The lowest BCUT2D eigenvalue weighted by Gasteiger charge is -2.27. The molecule has 3 rings (SSSR count). The standard InChI is InChI=1S/C26H32ClN3O5/c1-6-29(7-2)13-8-14-30-22(17-9-11-18(27)12-10-17)20(24(32)25(30)33)23(31)19-15(3)21(26(34)35-5)28-16(19)4/h9-12,22,28,31H,6-8,13-14H2,1-5H3/b23-20+/t22-/m0/s1. The Labute approximate surface area is 210 Å². The first kappa shape index (κ1) is 26.5. The van der Waals surface area contributed by atoms with Gasteiger partial charge in [-0.1, -0.05) is 37.6 Å². The maximum Gasteiger partial charge on any atom is 0.354 e. The molecule has 2 N–H and O–H groups in total. The highest BCUT2D eigenvalue weighted by molar-refractivity contribution is 6.46. The Morgan fingerprint density at radius 1 is 1.17 bits per heavy atom. The first-order chi connectivity index (χ1) is 16.7. The van der Waals surface area contributed by atoms with Gasteiger partial charge < -0.3 is 24.6 Å². The summed E-state index contributed by atoms with van der Waals surface area (Å²) in [5.74, 6) is -2.33. The molecule has 0 saturated carbocycles. The van der Waals surface area contributed by atoms with Crippen molar-refractivity contribution in [3.8, 4) is 0 Å². The quantitative estimate of drug-likeness (QED) is 0.231. The van der Waals surface area contributed by atoms with E-state index >= 15 is 0 Å². The molecule has 1 fully saturated rings. The number of aromatic nitrogens is 1. The molecule has 0 unspecified atom stereocenters. The number of Topliss-reactive ketones (excluding diaryl/α,β-unsaturated/α-hetero) is 1. The second kappa shape index (κ2) is 11.1. The summed E-state index contributed by atoms with van der Waals surface area (Å²) in [5.41, 5.74) is 2.07. The number of aryl methyl sites for hydroxylation is 1. The molecule has 9 heteroatoms. The SMILES string of the molecule is CCN(CC)CCCN1C(=O)C(=O)/C(=C(/O)c2c(C)[nH]c(C(=O)OC)c2C)[C@@H]1c1ccc(Cl)cc1. The van der Waals surface area contributed by atoms with Crippen LogP contribution in [0.5, 0.6) is 0 Å². The lowest BCUT2D eigenvalue weighted by molar-refractivity contribution is -0.140. The molecule has 8 nitrogen and oxygen atoms in total. The van der Waals surface area contributed by atoms with Crippen molar-refractivity contribution in [2.75, 3.05) is 33.3 Å². The van der Waals surface area contributed by atoms with Gasteiger partial charge in [-0.3, -0.25) is 9.59 Å². The number of likely N-dealkylation sites (tertiary alicyclic amines) is 1. The van der Waals surface area contributed by atoms with E-state index in [1.807, 2.05) is 0 Å². The Morgan fingerprint density at radius 2 is 1.80 bits per heavy atom. The maximum absolute atomic E-state index is 13.3. The number of H-pyrrole nitrogens is 1. The van der Waals surface area contributed by atoms with Gasteiger partial charge in [0.05, 0.1) is 18.7 Å². The van der Waals surface area contributed by atoms with Crippen LogP contribution >= 0.6 is 11.6 Å². The molecule has 1 aromatic carbocycles. The number of methoxy groups -OCH3 is 1. The van der Waals surface area contributed by atoms with Crippen LogP contribution in [-0.4, -0.2) is 70.8 Å². The monoisotopic (exact) mass is 501 g/mol. The van der Waals surface area contributed by atoms with Gasteiger partial charge in [0.25, 0.3) is 11.7 Å². The summed E-state index contributed by atoms with van der Waals surface area (Å²) < 4.78 is 4.82. The van der Waals surface area contributed by atoms with Crippen molar-refractivity contribution in [1.29, 1.82) is 0 Å². The van der Waals surface area contributed by atoms with Gasteiger partial charge in [-0.25, -0.2) is 4.79 Å². The lowest BCUT2D eigenvalue weighted by Crippen LogP contribution is -2.33. The molecule has 0 spiro atoms. The normalized spacial score (nSPS) is 17.5. The Bertz CT molecular complexity index is 1150. The van der Waals surface area contributed by atoms with Gasteiger partial charge in [-0.15, -0.1) is 0 Å². The topological polar surface area (TPSA) is 103 Å². The van der Waals surface area contributed by atoms with Gasteiger partial charge in [0, 0.05) is 22.8 Å². The number of carbonyl (C=O) groups is 3. The minimum Gasteiger partial charge on any atom is -0.507 e. The van der Waals surface area contributed by atoms with Crippen molar-refractivity contribution in [2.24, 2.45) is 0 Å². The van der Waals surface area contributed by atoms with E-state index in [9.17, 15) is 19.5 Å². The van der Waals surface area contributed by atoms with Crippen LogP contribution in [0.4, 0.5) is 0 Å². The van der Waals surface area contributed by atoms with Crippen molar-refractivity contribution < 1.29 is 24.2 Å². The molecule has 0 radical (unpaired) electrons. The molecule has 35 heavy (non-hydrogen) atoms. The number of nitrogens with zero attached hydrogens (tertiary/aromatic N) is 2. The zero-order valence-corrected chi connectivity index (χ0v) is 21.5. The van der Waals surface area contributed by atoms with Gasteiger partial charge in [-0.05, 0) is 63.2 Å². The van der Waals surface area contributed by atoms with Crippen molar-refractivity contribution in [2.45, 2.75) is 40.2 Å². The number of nitrogens with one attached hydrogen (secondary N) is 1. The highest BCUT2D eigenvalue weighted by Gasteiger charge is 2.46. The minimum absolute atomic E-state index is 0.0122. The van der Waals surface area contributed by atoms with Crippen LogP contribution in [0.1, 0.15) is 59.2 Å². The number of hydrogen-bond acceptors (Lipinski definition) is 6. The summed E-state index contributed by atoms with van der Waals surface area (Å²) >= 11 is 6.08. The summed E-state index contributed by atoms with van der Waals surface area (Å²) in [4.78, 5) is 45.3. The van der Waals surface area contributed by atoms with Gasteiger partial charge >= 0.3 is 5.97 Å². The molecule has 2 heterocycles. The van der Waals surface area contributed by atoms with E-state index in [0.717, 1.165) is 19.6 Å². The third-order valence-electron chi connectivity index (χ3n) is 6.56. The van der Waals surface area contributed by atoms with E-state index in [1.54, 1.807) is 38.1 Å². The van der Waals surface area contributed by atoms with Crippen molar-refractivity contribution in [3.05, 3.63) is 62.9 Å². The van der Waals surface area contributed by atoms with E-state index in [2.05, 4.69) is 23.7 Å². The molecule has 1 aliphatic rings. The zero-order valence-electron chi connectivity index (χ0n) is 20.8. The fraction of sp³-hybridized carbons (Fsp3) is 0.423. The minimum atomic E-state index is -0.778. The number of rotatable bonds is 9. The fourth-order valence-corrected chi connectivity index (χ4v) is 4.78. The number of ether oxygens (including phenoxy) is 1. The fourth-order valence-electron chi connectivity index (χ4n) is 4.65.